The summed E-state index contributed by atoms with van der Waals surface area (Å²) in [7, 11) is -2.98. The van der Waals surface area contributed by atoms with Crippen molar-refractivity contribution in [3.63, 3.8) is 0 Å². The molecule has 1 aliphatic heterocycles. The number of rotatable bonds is 8. The summed E-state index contributed by atoms with van der Waals surface area (Å²) in [5.74, 6) is -0.439. The SMILES string of the molecule is COc1ccc(C)cc1S(=O)(=O)N1CCC[C@H](C(=O)NCc2ccc(S(=O)(=O)N(C)C)cc2)C1. The van der Waals surface area contributed by atoms with Crippen LogP contribution in [-0.2, 0) is 31.4 Å². The summed E-state index contributed by atoms with van der Waals surface area (Å²) in [5, 5.41) is 2.85. The van der Waals surface area contributed by atoms with Crippen LogP contribution in [0.15, 0.2) is 52.3 Å². The van der Waals surface area contributed by atoms with Gasteiger partial charge in [0.25, 0.3) is 0 Å². The number of benzene rings is 2. The number of amides is 1. The molecule has 1 fully saturated rings. The van der Waals surface area contributed by atoms with Gasteiger partial charge < -0.3 is 10.1 Å². The fourth-order valence-corrected chi connectivity index (χ4v) is 6.49. The maximum atomic E-state index is 13.3. The predicted octanol–water partition coefficient (Wildman–Crippen LogP) is 1.97. The van der Waals surface area contributed by atoms with E-state index in [4.69, 9.17) is 4.74 Å². The van der Waals surface area contributed by atoms with Crippen LogP contribution in [0.4, 0.5) is 0 Å². The topological polar surface area (TPSA) is 113 Å². The van der Waals surface area contributed by atoms with Crippen LogP contribution in [0.1, 0.15) is 24.0 Å². The van der Waals surface area contributed by atoms with Crippen LogP contribution in [0.25, 0.3) is 0 Å². The van der Waals surface area contributed by atoms with E-state index >= 15 is 0 Å². The highest BCUT2D eigenvalue weighted by molar-refractivity contribution is 7.89. The lowest BCUT2D eigenvalue weighted by atomic mass is 9.99. The number of piperidine rings is 1. The van der Waals surface area contributed by atoms with Crippen molar-refractivity contribution in [2.24, 2.45) is 5.92 Å². The molecule has 0 unspecified atom stereocenters. The number of hydrogen-bond acceptors (Lipinski definition) is 6. The monoisotopic (exact) mass is 509 g/mol. The number of nitrogens with zero attached hydrogens (tertiary/aromatic N) is 2. The molecule has 1 aliphatic rings. The van der Waals surface area contributed by atoms with Gasteiger partial charge in [0.2, 0.25) is 26.0 Å². The molecule has 1 saturated heterocycles. The van der Waals surface area contributed by atoms with Crippen LogP contribution >= 0.6 is 0 Å². The molecule has 2 aromatic carbocycles. The Morgan fingerprint density at radius 3 is 2.41 bits per heavy atom. The minimum Gasteiger partial charge on any atom is -0.495 e. The third-order valence-electron chi connectivity index (χ3n) is 5.86. The molecule has 11 heteroatoms. The third kappa shape index (κ3) is 5.60. The minimum absolute atomic E-state index is 0.0886. The van der Waals surface area contributed by atoms with Crippen LogP contribution < -0.4 is 10.1 Å². The van der Waals surface area contributed by atoms with Crippen LogP contribution in [0.3, 0.4) is 0 Å². The van der Waals surface area contributed by atoms with Gasteiger partial charge in [-0.15, -0.1) is 0 Å². The third-order valence-corrected chi connectivity index (χ3v) is 9.58. The number of ether oxygens (including phenoxy) is 1. The van der Waals surface area contributed by atoms with Crippen LogP contribution in [0, 0.1) is 12.8 Å². The summed E-state index contributed by atoms with van der Waals surface area (Å²) in [6.07, 6.45) is 1.16. The molecule has 0 saturated carbocycles. The lowest BCUT2D eigenvalue weighted by molar-refractivity contribution is -0.126. The first-order chi connectivity index (χ1) is 16.0. The lowest BCUT2D eigenvalue weighted by Gasteiger charge is -2.31. The van der Waals surface area contributed by atoms with Gasteiger partial charge in [-0.2, -0.15) is 4.31 Å². The number of carbonyl (C=O) groups is 1. The molecule has 0 bridgehead atoms. The van der Waals surface area contributed by atoms with E-state index in [1.165, 1.54) is 37.6 Å². The summed E-state index contributed by atoms with van der Waals surface area (Å²) in [6.45, 7) is 2.46. The second-order valence-corrected chi connectivity index (χ2v) is 12.6. The number of nitrogens with one attached hydrogen (secondary N) is 1. The van der Waals surface area contributed by atoms with Gasteiger partial charge in [-0.3, -0.25) is 4.79 Å². The van der Waals surface area contributed by atoms with E-state index in [0.717, 1.165) is 15.4 Å². The first kappa shape index (κ1) is 26.1. The van der Waals surface area contributed by atoms with Gasteiger partial charge in [-0.05, 0) is 55.2 Å². The molecule has 2 aromatic rings. The van der Waals surface area contributed by atoms with Gasteiger partial charge in [0.1, 0.15) is 10.6 Å². The van der Waals surface area contributed by atoms with Crippen LogP contribution in [-0.4, -0.2) is 65.6 Å². The maximum absolute atomic E-state index is 13.3. The largest absolute Gasteiger partial charge is 0.495 e. The average molecular weight is 510 g/mol. The Kier molecular flexibility index (Phi) is 8.02. The van der Waals surface area contributed by atoms with Gasteiger partial charge in [0.15, 0.2) is 0 Å². The summed E-state index contributed by atoms with van der Waals surface area (Å²) >= 11 is 0. The maximum Gasteiger partial charge on any atom is 0.246 e. The molecule has 0 aromatic heterocycles. The smallest absolute Gasteiger partial charge is 0.246 e. The Labute approximate surface area is 201 Å². The van der Waals surface area contributed by atoms with Crippen molar-refractivity contribution in [2.75, 3.05) is 34.3 Å². The first-order valence-electron chi connectivity index (χ1n) is 10.9. The van der Waals surface area contributed by atoms with Gasteiger partial charge >= 0.3 is 0 Å². The number of methoxy groups -OCH3 is 1. The Hall–Kier alpha value is -2.47. The van der Waals surface area contributed by atoms with Crippen molar-refractivity contribution in [3.05, 3.63) is 53.6 Å². The van der Waals surface area contributed by atoms with Crippen molar-refractivity contribution in [2.45, 2.75) is 36.1 Å². The summed E-state index contributed by atoms with van der Waals surface area (Å²) in [5.41, 5.74) is 1.55. The predicted molar refractivity (Wildman–Crippen MR) is 128 cm³/mol. The number of hydrogen-bond donors (Lipinski definition) is 1. The van der Waals surface area contributed by atoms with E-state index in [9.17, 15) is 21.6 Å². The molecule has 0 radical (unpaired) electrons. The summed E-state index contributed by atoms with van der Waals surface area (Å²) in [6, 6.07) is 11.3. The van der Waals surface area contributed by atoms with Crippen molar-refractivity contribution in [3.8, 4) is 5.75 Å². The van der Waals surface area contributed by atoms with Crippen LogP contribution in [0.2, 0.25) is 0 Å². The second-order valence-electron chi connectivity index (χ2n) is 8.51. The van der Waals surface area contributed by atoms with Gasteiger partial charge in [-0.25, -0.2) is 21.1 Å². The van der Waals surface area contributed by atoms with Gasteiger partial charge in [0, 0.05) is 33.7 Å². The highest BCUT2D eigenvalue weighted by atomic mass is 32.2. The molecular formula is C23H31N3O6S2. The number of sulfonamides is 2. The highest BCUT2D eigenvalue weighted by Crippen LogP contribution is 2.30. The lowest BCUT2D eigenvalue weighted by Crippen LogP contribution is -2.45. The minimum atomic E-state index is -3.82. The van der Waals surface area contributed by atoms with Gasteiger partial charge in [0.05, 0.1) is 17.9 Å². The molecule has 9 nitrogen and oxygen atoms in total. The fourth-order valence-electron chi connectivity index (χ4n) is 3.82. The number of carbonyl (C=O) groups excluding carboxylic acids is 1. The van der Waals surface area contributed by atoms with E-state index in [2.05, 4.69) is 5.32 Å². The van der Waals surface area contributed by atoms with Gasteiger partial charge in [-0.1, -0.05) is 18.2 Å². The van der Waals surface area contributed by atoms with Crippen molar-refractivity contribution >= 4 is 26.0 Å². The molecule has 0 spiro atoms. The highest BCUT2D eigenvalue weighted by Gasteiger charge is 2.34. The fraction of sp³-hybridized carbons (Fsp3) is 0.435. The standard InChI is InChI=1S/C23H31N3O6S2/c1-17-7-12-21(32-4)22(14-17)34(30,31)26-13-5-6-19(16-26)23(27)24-15-18-8-10-20(11-9-18)33(28,29)25(2)3/h7-12,14,19H,5-6,13,15-16H2,1-4H3,(H,24,27)/t19-/m0/s1. The molecular weight excluding hydrogens is 478 g/mol. The molecule has 1 atom stereocenters. The Morgan fingerprint density at radius 2 is 1.79 bits per heavy atom. The van der Waals surface area contributed by atoms with Crippen LogP contribution in [0.5, 0.6) is 5.75 Å². The quantitative estimate of drug-likeness (QED) is 0.582. The zero-order valence-corrected chi connectivity index (χ0v) is 21.4. The zero-order chi connectivity index (χ0) is 25.1. The normalized spacial score (nSPS) is 17.5. The number of aryl methyl sites for hydroxylation is 1. The second kappa shape index (κ2) is 10.4. The Bertz CT molecular complexity index is 1240. The zero-order valence-electron chi connectivity index (χ0n) is 19.8. The molecule has 3 rings (SSSR count). The summed E-state index contributed by atoms with van der Waals surface area (Å²) in [4.78, 5) is 13.1. The molecule has 1 amide bonds. The van der Waals surface area contributed by atoms with Crippen molar-refractivity contribution < 1.29 is 26.4 Å². The summed E-state index contributed by atoms with van der Waals surface area (Å²) < 4.78 is 58.7. The molecule has 1 heterocycles. The molecule has 186 valence electrons. The molecule has 0 aliphatic carbocycles. The van der Waals surface area contributed by atoms with E-state index in [-0.39, 0.29) is 34.5 Å². The van der Waals surface area contributed by atoms with E-state index in [1.807, 2.05) is 6.92 Å². The van der Waals surface area contributed by atoms with E-state index in [0.29, 0.717) is 19.4 Å². The first-order valence-corrected chi connectivity index (χ1v) is 13.8. The Balaban J connectivity index is 1.66. The van der Waals surface area contributed by atoms with E-state index in [1.54, 1.807) is 30.3 Å². The van der Waals surface area contributed by atoms with Crippen molar-refractivity contribution in [1.29, 1.82) is 0 Å². The molecule has 1 N–H and O–H groups in total. The van der Waals surface area contributed by atoms with E-state index < -0.39 is 26.0 Å². The van der Waals surface area contributed by atoms with Crippen molar-refractivity contribution in [1.82, 2.24) is 13.9 Å². The average Bonchev–Trinajstić information content (AvgIpc) is 2.82. The molecule has 34 heavy (non-hydrogen) atoms. The Morgan fingerprint density at radius 1 is 1.12 bits per heavy atom.